The van der Waals surface area contributed by atoms with Gasteiger partial charge in [-0.05, 0) is 44.6 Å². The first-order valence-electron chi connectivity index (χ1n) is 7.40. The molecule has 1 N–H and O–H groups in total. The predicted molar refractivity (Wildman–Crippen MR) is 77.3 cm³/mol. The fourth-order valence-corrected chi connectivity index (χ4v) is 2.85. The van der Waals surface area contributed by atoms with Crippen molar-refractivity contribution in [3.8, 4) is 0 Å². The molecule has 1 fully saturated rings. The summed E-state index contributed by atoms with van der Waals surface area (Å²) in [5.74, 6) is 0.439. The Bertz CT molecular complexity index is 470. The van der Waals surface area contributed by atoms with Crippen molar-refractivity contribution >= 4 is 5.91 Å². The molecule has 1 amide bonds. The van der Waals surface area contributed by atoms with E-state index >= 15 is 0 Å². The minimum Gasteiger partial charge on any atom is -0.396 e. The third-order valence-electron chi connectivity index (χ3n) is 4.50. The number of hydrogen-bond acceptors (Lipinski definition) is 3. The van der Waals surface area contributed by atoms with Gasteiger partial charge in [0.2, 0.25) is 5.91 Å². The van der Waals surface area contributed by atoms with Crippen molar-refractivity contribution in [2.24, 2.45) is 13.0 Å². The summed E-state index contributed by atoms with van der Waals surface area (Å²) >= 11 is 0. The molecule has 1 aliphatic heterocycles. The Morgan fingerprint density at radius 2 is 2.25 bits per heavy atom. The quantitative estimate of drug-likeness (QED) is 0.903. The first kappa shape index (κ1) is 15.0. The van der Waals surface area contributed by atoms with Crippen molar-refractivity contribution in [3.05, 3.63) is 17.5 Å². The zero-order valence-electron chi connectivity index (χ0n) is 12.7. The molecule has 1 saturated heterocycles. The van der Waals surface area contributed by atoms with Crippen LogP contribution < -0.4 is 0 Å². The molecule has 0 radical (unpaired) electrons. The number of aliphatic hydroxyl groups excluding tert-OH is 1. The summed E-state index contributed by atoms with van der Waals surface area (Å²) < 4.78 is 1.84. The monoisotopic (exact) mass is 279 g/mol. The fourth-order valence-electron chi connectivity index (χ4n) is 2.85. The van der Waals surface area contributed by atoms with Gasteiger partial charge in [-0.1, -0.05) is 0 Å². The van der Waals surface area contributed by atoms with Gasteiger partial charge in [0.25, 0.3) is 0 Å². The minimum atomic E-state index is 0.179. The van der Waals surface area contributed by atoms with Crippen molar-refractivity contribution in [2.75, 3.05) is 13.2 Å². The molecule has 2 unspecified atom stereocenters. The molecular weight excluding hydrogens is 254 g/mol. The first-order chi connectivity index (χ1) is 9.52. The zero-order chi connectivity index (χ0) is 14.7. The van der Waals surface area contributed by atoms with Gasteiger partial charge < -0.3 is 10.0 Å². The van der Waals surface area contributed by atoms with E-state index in [-0.39, 0.29) is 18.4 Å². The number of likely N-dealkylation sites (tertiary alicyclic amines) is 1. The van der Waals surface area contributed by atoms with Gasteiger partial charge in [-0.15, -0.1) is 0 Å². The van der Waals surface area contributed by atoms with Crippen LogP contribution in [-0.2, 0) is 18.3 Å². The third kappa shape index (κ3) is 3.20. The molecule has 112 valence electrons. The minimum absolute atomic E-state index is 0.179. The molecule has 2 rings (SSSR count). The molecule has 5 nitrogen and oxygen atoms in total. The van der Waals surface area contributed by atoms with E-state index in [4.69, 9.17) is 0 Å². The molecule has 20 heavy (non-hydrogen) atoms. The standard InChI is InChI=1S/C15H25N3O2/c1-11-4-5-13(10-19)9-18(11)15(20)7-6-14-8-16-17(3)12(14)2/h8,11,13,19H,4-7,9-10H2,1-3H3. The van der Waals surface area contributed by atoms with Crippen LogP contribution in [0.4, 0.5) is 0 Å². The molecule has 2 atom stereocenters. The van der Waals surface area contributed by atoms with E-state index in [1.807, 2.05) is 29.7 Å². The summed E-state index contributed by atoms with van der Waals surface area (Å²) in [6.07, 6.45) is 5.12. The summed E-state index contributed by atoms with van der Waals surface area (Å²) in [4.78, 5) is 14.3. The maximum absolute atomic E-state index is 12.4. The van der Waals surface area contributed by atoms with E-state index in [1.54, 1.807) is 0 Å². The lowest BCUT2D eigenvalue weighted by molar-refractivity contribution is -0.135. The van der Waals surface area contributed by atoms with Gasteiger partial charge in [0.1, 0.15) is 0 Å². The number of rotatable bonds is 4. The Morgan fingerprint density at radius 3 is 2.85 bits per heavy atom. The summed E-state index contributed by atoms with van der Waals surface area (Å²) in [5, 5.41) is 13.5. The molecule has 0 saturated carbocycles. The molecule has 0 aromatic carbocycles. The van der Waals surface area contributed by atoms with Gasteiger partial charge in [0.15, 0.2) is 0 Å². The van der Waals surface area contributed by atoms with Crippen LogP contribution in [0.3, 0.4) is 0 Å². The number of carbonyl (C=O) groups excluding carboxylic acids is 1. The van der Waals surface area contributed by atoms with Crippen molar-refractivity contribution in [3.63, 3.8) is 0 Å². The summed E-state index contributed by atoms with van der Waals surface area (Å²) in [7, 11) is 1.92. The second-order valence-electron chi connectivity index (χ2n) is 5.90. The van der Waals surface area contributed by atoms with E-state index in [1.165, 1.54) is 0 Å². The van der Waals surface area contributed by atoms with Crippen LogP contribution >= 0.6 is 0 Å². The molecule has 0 spiro atoms. The van der Waals surface area contributed by atoms with Gasteiger partial charge >= 0.3 is 0 Å². The van der Waals surface area contributed by atoms with Crippen LogP contribution in [0.15, 0.2) is 6.20 Å². The number of aliphatic hydroxyl groups is 1. The molecule has 1 aromatic rings. The topological polar surface area (TPSA) is 58.4 Å². The highest BCUT2D eigenvalue weighted by Gasteiger charge is 2.28. The lowest BCUT2D eigenvalue weighted by Gasteiger charge is -2.37. The number of piperidine rings is 1. The number of hydrogen-bond donors (Lipinski definition) is 1. The van der Waals surface area contributed by atoms with Gasteiger partial charge in [-0.3, -0.25) is 9.48 Å². The molecule has 0 aliphatic carbocycles. The van der Waals surface area contributed by atoms with E-state index in [2.05, 4.69) is 12.0 Å². The Morgan fingerprint density at radius 1 is 1.50 bits per heavy atom. The van der Waals surface area contributed by atoms with Crippen LogP contribution in [0.5, 0.6) is 0 Å². The Balaban J connectivity index is 1.92. The van der Waals surface area contributed by atoms with Gasteiger partial charge in [-0.25, -0.2) is 0 Å². The zero-order valence-corrected chi connectivity index (χ0v) is 12.7. The molecular formula is C15H25N3O2. The molecule has 0 bridgehead atoms. The maximum Gasteiger partial charge on any atom is 0.223 e. The van der Waals surface area contributed by atoms with Crippen LogP contribution in [0.1, 0.15) is 37.4 Å². The lowest BCUT2D eigenvalue weighted by Crippen LogP contribution is -2.46. The summed E-state index contributed by atoms with van der Waals surface area (Å²) in [6, 6.07) is 0.292. The summed E-state index contributed by atoms with van der Waals surface area (Å²) in [5.41, 5.74) is 2.27. The number of carbonyl (C=O) groups is 1. The smallest absolute Gasteiger partial charge is 0.223 e. The van der Waals surface area contributed by atoms with Crippen molar-refractivity contribution in [1.82, 2.24) is 14.7 Å². The van der Waals surface area contributed by atoms with Gasteiger partial charge in [0.05, 0.1) is 6.20 Å². The highest BCUT2D eigenvalue weighted by molar-refractivity contribution is 5.77. The van der Waals surface area contributed by atoms with Crippen LogP contribution in [0.2, 0.25) is 0 Å². The molecule has 2 heterocycles. The van der Waals surface area contributed by atoms with E-state index in [9.17, 15) is 9.90 Å². The number of nitrogens with zero attached hydrogens (tertiary/aromatic N) is 3. The average Bonchev–Trinajstić information content (AvgIpc) is 2.77. The predicted octanol–water partition coefficient (Wildman–Crippen LogP) is 1.28. The van der Waals surface area contributed by atoms with E-state index < -0.39 is 0 Å². The molecule has 5 heteroatoms. The first-order valence-corrected chi connectivity index (χ1v) is 7.40. The molecule has 1 aliphatic rings. The largest absolute Gasteiger partial charge is 0.396 e. The van der Waals surface area contributed by atoms with Crippen LogP contribution in [-0.4, -0.2) is 44.9 Å². The second-order valence-corrected chi connectivity index (χ2v) is 5.90. The van der Waals surface area contributed by atoms with Gasteiger partial charge in [-0.2, -0.15) is 5.10 Å². The van der Waals surface area contributed by atoms with E-state index in [0.29, 0.717) is 19.0 Å². The van der Waals surface area contributed by atoms with Crippen molar-refractivity contribution < 1.29 is 9.90 Å². The SMILES string of the molecule is Cc1c(CCC(=O)N2CC(CO)CCC2C)cnn1C. The van der Waals surface area contributed by atoms with Crippen LogP contribution in [0.25, 0.3) is 0 Å². The average molecular weight is 279 g/mol. The van der Waals surface area contributed by atoms with Crippen molar-refractivity contribution in [1.29, 1.82) is 0 Å². The highest BCUT2D eigenvalue weighted by Crippen LogP contribution is 2.22. The maximum atomic E-state index is 12.4. The Labute approximate surface area is 120 Å². The van der Waals surface area contributed by atoms with Crippen LogP contribution in [0, 0.1) is 12.8 Å². The van der Waals surface area contributed by atoms with E-state index in [0.717, 1.165) is 30.5 Å². The Hall–Kier alpha value is -1.36. The normalized spacial score (nSPS) is 23.1. The third-order valence-corrected chi connectivity index (χ3v) is 4.50. The lowest BCUT2D eigenvalue weighted by atomic mass is 9.93. The molecule has 1 aromatic heterocycles. The number of amides is 1. The second kappa shape index (κ2) is 6.39. The fraction of sp³-hybridized carbons (Fsp3) is 0.733. The van der Waals surface area contributed by atoms with Gasteiger partial charge in [0, 0.05) is 38.4 Å². The summed E-state index contributed by atoms with van der Waals surface area (Å²) in [6.45, 7) is 5.00. The number of aromatic nitrogens is 2. The highest BCUT2D eigenvalue weighted by atomic mass is 16.3. The number of aryl methyl sites for hydroxylation is 2. The Kier molecular flexibility index (Phi) is 4.81. The van der Waals surface area contributed by atoms with Crippen molar-refractivity contribution in [2.45, 2.75) is 45.6 Å².